The summed E-state index contributed by atoms with van der Waals surface area (Å²) in [6.45, 7) is 3.72. The molecule has 1 aliphatic carbocycles. The molecule has 106 valence electrons. The number of amides is 1. The van der Waals surface area contributed by atoms with Gasteiger partial charge in [-0.05, 0) is 31.2 Å². The average Bonchev–Trinajstić information content (AvgIpc) is 2.86. The normalized spacial score (nSPS) is 16.9. The van der Waals surface area contributed by atoms with Crippen molar-refractivity contribution in [2.45, 2.75) is 45.1 Å². The van der Waals surface area contributed by atoms with Crippen LogP contribution in [0.3, 0.4) is 0 Å². The summed E-state index contributed by atoms with van der Waals surface area (Å²) in [4.78, 5) is 11.7. The largest absolute Gasteiger partial charge is 0.349 e. The molecule has 1 amide bonds. The van der Waals surface area contributed by atoms with Crippen molar-refractivity contribution in [2.24, 2.45) is 5.92 Å². The molecule has 5 heteroatoms. The summed E-state index contributed by atoms with van der Waals surface area (Å²) < 4.78 is 0. The van der Waals surface area contributed by atoms with E-state index in [2.05, 4.69) is 27.8 Å². The molecule has 1 aromatic rings. The van der Waals surface area contributed by atoms with Gasteiger partial charge in [0.25, 0.3) is 5.91 Å². The third kappa shape index (κ3) is 4.06. The van der Waals surface area contributed by atoms with Crippen LogP contribution in [0.15, 0.2) is 12.3 Å². The molecule has 1 fully saturated rings. The molecule has 1 aliphatic rings. The van der Waals surface area contributed by atoms with Crippen LogP contribution >= 0.6 is 0 Å². The van der Waals surface area contributed by atoms with Gasteiger partial charge in [0, 0.05) is 25.3 Å². The van der Waals surface area contributed by atoms with E-state index in [-0.39, 0.29) is 5.91 Å². The number of aromatic nitrogens is 2. The van der Waals surface area contributed by atoms with E-state index in [0.717, 1.165) is 12.5 Å². The molecule has 1 saturated carbocycles. The predicted molar refractivity (Wildman–Crippen MR) is 75.0 cm³/mol. The van der Waals surface area contributed by atoms with Crippen LogP contribution in [0.25, 0.3) is 0 Å². The molecule has 0 spiro atoms. The lowest BCUT2D eigenvalue weighted by Gasteiger charge is -2.34. The molecule has 1 heterocycles. The highest BCUT2D eigenvalue weighted by atomic mass is 16.1. The van der Waals surface area contributed by atoms with Crippen LogP contribution in [0.4, 0.5) is 0 Å². The van der Waals surface area contributed by atoms with Gasteiger partial charge in [-0.25, -0.2) is 0 Å². The number of nitrogens with zero attached hydrogens (tertiary/aromatic N) is 1. The first-order valence-electron chi connectivity index (χ1n) is 7.32. The third-order valence-corrected chi connectivity index (χ3v) is 3.88. The van der Waals surface area contributed by atoms with Crippen molar-refractivity contribution < 1.29 is 4.79 Å². The molecule has 0 radical (unpaired) electrons. The second kappa shape index (κ2) is 7.28. The van der Waals surface area contributed by atoms with Gasteiger partial charge in [-0.2, -0.15) is 5.10 Å². The van der Waals surface area contributed by atoms with Gasteiger partial charge in [0.15, 0.2) is 0 Å². The maximum atomic E-state index is 11.7. The molecule has 0 aromatic carbocycles. The van der Waals surface area contributed by atoms with Crippen LogP contribution in [0.5, 0.6) is 0 Å². The van der Waals surface area contributed by atoms with Gasteiger partial charge < -0.3 is 10.6 Å². The standard InChI is InChI=1S/C14H24N4O/c1-2-4-12(11-5-3-6-11)15-9-10-16-14(19)13-7-8-17-18-13/h7-8,11-12,15H,2-6,9-10H2,1H3,(H,16,19)(H,17,18). The molecule has 5 nitrogen and oxygen atoms in total. The number of hydrogen-bond donors (Lipinski definition) is 3. The molecule has 0 aliphatic heterocycles. The van der Waals surface area contributed by atoms with Crippen LogP contribution in [-0.2, 0) is 0 Å². The van der Waals surface area contributed by atoms with E-state index in [9.17, 15) is 4.79 Å². The summed E-state index contributed by atoms with van der Waals surface area (Å²) in [5.41, 5.74) is 0.518. The van der Waals surface area contributed by atoms with Gasteiger partial charge in [-0.3, -0.25) is 9.89 Å². The summed E-state index contributed by atoms with van der Waals surface area (Å²) in [5, 5.41) is 12.9. The summed E-state index contributed by atoms with van der Waals surface area (Å²) >= 11 is 0. The van der Waals surface area contributed by atoms with E-state index in [1.54, 1.807) is 12.3 Å². The van der Waals surface area contributed by atoms with Crippen molar-refractivity contribution >= 4 is 5.91 Å². The monoisotopic (exact) mass is 264 g/mol. The molecular weight excluding hydrogens is 240 g/mol. The van der Waals surface area contributed by atoms with E-state index < -0.39 is 0 Å². The molecule has 1 atom stereocenters. The molecule has 19 heavy (non-hydrogen) atoms. The van der Waals surface area contributed by atoms with Gasteiger partial charge in [-0.1, -0.05) is 19.8 Å². The molecular formula is C14H24N4O. The van der Waals surface area contributed by atoms with Crippen molar-refractivity contribution in [1.29, 1.82) is 0 Å². The molecule has 1 unspecified atom stereocenters. The Morgan fingerprint density at radius 2 is 2.37 bits per heavy atom. The van der Waals surface area contributed by atoms with E-state index in [1.165, 1.54) is 32.1 Å². The Morgan fingerprint density at radius 1 is 1.53 bits per heavy atom. The lowest BCUT2D eigenvalue weighted by Crippen LogP contribution is -2.43. The molecule has 3 N–H and O–H groups in total. The number of H-pyrrole nitrogens is 1. The van der Waals surface area contributed by atoms with Crippen LogP contribution in [0.2, 0.25) is 0 Å². The highest BCUT2D eigenvalue weighted by Crippen LogP contribution is 2.31. The number of carbonyl (C=O) groups is 1. The summed E-state index contributed by atoms with van der Waals surface area (Å²) in [6.07, 6.45) is 8.13. The SMILES string of the molecule is CCCC(NCCNC(=O)c1ccn[nH]1)C1CCC1. The summed E-state index contributed by atoms with van der Waals surface area (Å²) in [5.74, 6) is 0.762. The van der Waals surface area contributed by atoms with E-state index >= 15 is 0 Å². The molecule has 0 bridgehead atoms. The molecule has 1 aromatic heterocycles. The predicted octanol–water partition coefficient (Wildman–Crippen LogP) is 1.70. The number of rotatable bonds is 8. The first-order valence-corrected chi connectivity index (χ1v) is 7.32. The Hall–Kier alpha value is -1.36. The number of carbonyl (C=O) groups excluding carboxylic acids is 1. The zero-order valence-corrected chi connectivity index (χ0v) is 11.6. The maximum absolute atomic E-state index is 11.7. The smallest absolute Gasteiger partial charge is 0.269 e. The van der Waals surface area contributed by atoms with Crippen LogP contribution in [0.1, 0.15) is 49.5 Å². The second-order valence-electron chi connectivity index (χ2n) is 5.27. The first kappa shape index (κ1) is 14.1. The number of aromatic amines is 1. The van der Waals surface area contributed by atoms with Crippen molar-refractivity contribution in [2.75, 3.05) is 13.1 Å². The minimum atomic E-state index is -0.0880. The lowest BCUT2D eigenvalue weighted by atomic mass is 9.78. The Balaban J connectivity index is 1.63. The van der Waals surface area contributed by atoms with Gasteiger partial charge in [0.05, 0.1) is 0 Å². The van der Waals surface area contributed by atoms with E-state index in [0.29, 0.717) is 18.3 Å². The van der Waals surface area contributed by atoms with Gasteiger partial charge in [0.2, 0.25) is 0 Å². The lowest BCUT2D eigenvalue weighted by molar-refractivity contribution is 0.0947. The zero-order chi connectivity index (χ0) is 13.5. The average molecular weight is 264 g/mol. The topological polar surface area (TPSA) is 69.8 Å². The summed E-state index contributed by atoms with van der Waals surface area (Å²) in [6, 6.07) is 2.31. The van der Waals surface area contributed by atoms with Gasteiger partial charge in [-0.15, -0.1) is 0 Å². The minimum absolute atomic E-state index is 0.0880. The fraction of sp³-hybridized carbons (Fsp3) is 0.714. The van der Waals surface area contributed by atoms with Crippen LogP contribution in [-0.4, -0.2) is 35.2 Å². The van der Waals surface area contributed by atoms with Crippen molar-refractivity contribution in [3.05, 3.63) is 18.0 Å². The number of nitrogens with one attached hydrogen (secondary N) is 3. The highest BCUT2D eigenvalue weighted by Gasteiger charge is 2.25. The third-order valence-electron chi connectivity index (χ3n) is 3.88. The van der Waals surface area contributed by atoms with Crippen LogP contribution < -0.4 is 10.6 Å². The van der Waals surface area contributed by atoms with E-state index in [1.807, 2.05) is 0 Å². The van der Waals surface area contributed by atoms with Gasteiger partial charge >= 0.3 is 0 Å². The number of hydrogen-bond acceptors (Lipinski definition) is 3. The fourth-order valence-corrected chi connectivity index (χ4v) is 2.57. The quantitative estimate of drug-likeness (QED) is 0.626. The maximum Gasteiger partial charge on any atom is 0.269 e. The molecule has 0 saturated heterocycles. The Labute approximate surface area is 114 Å². The summed E-state index contributed by atoms with van der Waals surface area (Å²) in [7, 11) is 0. The Kier molecular flexibility index (Phi) is 5.39. The fourth-order valence-electron chi connectivity index (χ4n) is 2.57. The Bertz CT molecular complexity index is 373. The highest BCUT2D eigenvalue weighted by molar-refractivity contribution is 5.92. The van der Waals surface area contributed by atoms with Crippen molar-refractivity contribution in [3.8, 4) is 0 Å². The molecule has 2 rings (SSSR count). The second-order valence-corrected chi connectivity index (χ2v) is 5.27. The zero-order valence-electron chi connectivity index (χ0n) is 11.6. The Morgan fingerprint density at radius 3 is 2.95 bits per heavy atom. The van der Waals surface area contributed by atoms with Crippen molar-refractivity contribution in [1.82, 2.24) is 20.8 Å². The van der Waals surface area contributed by atoms with Gasteiger partial charge in [0.1, 0.15) is 5.69 Å². The minimum Gasteiger partial charge on any atom is -0.349 e. The van der Waals surface area contributed by atoms with Crippen molar-refractivity contribution in [3.63, 3.8) is 0 Å². The van der Waals surface area contributed by atoms with Crippen LogP contribution in [0, 0.1) is 5.92 Å². The first-order chi connectivity index (χ1) is 9.31. The van der Waals surface area contributed by atoms with E-state index in [4.69, 9.17) is 0 Å².